The highest BCUT2D eigenvalue weighted by Crippen LogP contribution is 2.21. The number of carbonyl (C=O) groups excluding carboxylic acids is 2. The van der Waals surface area contributed by atoms with Crippen LogP contribution in [0.2, 0.25) is 0 Å². The molecule has 0 aliphatic carbocycles. The van der Waals surface area contributed by atoms with E-state index in [1.165, 1.54) is 16.6 Å². The highest BCUT2D eigenvalue weighted by molar-refractivity contribution is 5.98. The average Bonchev–Trinajstić information content (AvgIpc) is 2.67. The molecule has 0 unspecified atom stereocenters. The van der Waals surface area contributed by atoms with Crippen molar-refractivity contribution in [1.29, 1.82) is 0 Å². The standard InChI is InChI=1S/C18H18F2N4O5/c1-22-18(29)14-16(27)15(26)12(8-23(14)9-24(22)4-5-25)17(28)21-7-10-2-3-11(19)6-13(10)20/h2-3,6,8,25,27H,4-5,7,9H2,1H3,(H,21,28). The lowest BCUT2D eigenvalue weighted by Gasteiger charge is -2.37. The van der Waals surface area contributed by atoms with Crippen LogP contribution in [0.4, 0.5) is 8.78 Å². The van der Waals surface area contributed by atoms with Gasteiger partial charge in [0, 0.05) is 38.0 Å². The highest BCUT2D eigenvalue weighted by atomic mass is 19.1. The second-order valence-electron chi connectivity index (χ2n) is 6.38. The first-order valence-electron chi connectivity index (χ1n) is 8.57. The molecule has 0 saturated carbocycles. The number of fused-ring (bicyclic) bond motifs is 1. The Hall–Kier alpha value is -3.31. The van der Waals surface area contributed by atoms with E-state index in [-0.39, 0.29) is 37.6 Å². The van der Waals surface area contributed by atoms with Crippen LogP contribution in [0.3, 0.4) is 0 Å². The van der Waals surface area contributed by atoms with E-state index in [0.29, 0.717) is 6.07 Å². The molecule has 0 atom stereocenters. The van der Waals surface area contributed by atoms with Crippen molar-refractivity contribution < 1.29 is 28.6 Å². The van der Waals surface area contributed by atoms with Gasteiger partial charge in [-0.2, -0.15) is 5.01 Å². The molecule has 1 aromatic heterocycles. The van der Waals surface area contributed by atoms with Crippen molar-refractivity contribution in [2.45, 2.75) is 13.2 Å². The summed E-state index contributed by atoms with van der Waals surface area (Å²) in [7, 11) is 1.42. The van der Waals surface area contributed by atoms with Crippen LogP contribution in [0.15, 0.2) is 29.2 Å². The second kappa shape index (κ2) is 7.97. The number of carbonyl (C=O) groups is 2. The molecule has 0 saturated heterocycles. The summed E-state index contributed by atoms with van der Waals surface area (Å²) in [5.41, 5.74) is -1.78. The summed E-state index contributed by atoms with van der Waals surface area (Å²) in [6, 6.07) is 2.85. The number of hydrogen-bond donors (Lipinski definition) is 3. The lowest BCUT2D eigenvalue weighted by molar-refractivity contribution is -0.0362. The smallest absolute Gasteiger partial charge is 0.288 e. The average molecular weight is 408 g/mol. The van der Waals surface area contributed by atoms with Crippen molar-refractivity contribution in [1.82, 2.24) is 19.9 Å². The fourth-order valence-electron chi connectivity index (χ4n) is 2.97. The van der Waals surface area contributed by atoms with E-state index >= 15 is 0 Å². The molecule has 2 aromatic rings. The van der Waals surface area contributed by atoms with Crippen LogP contribution >= 0.6 is 0 Å². The number of pyridine rings is 1. The minimum absolute atomic E-state index is 0.00115. The molecule has 0 fully saturated rings. The first kappa shape index (κ1) is 20.4. The monoisotopic (exact) mass is 408 g/mol. The third-order valence-electron chi connectivity index (χ3n) is 4.55. The fourth-order valence-corrected chi connectivity index (χ4v) is 2.97. The molecule has 2 heterocycles. The summed E-state index contributed by atoms with van der Waals surface area (Å²) >= 11 is 0. The Balaban J connectivity index is 1.89. The van der Waals surface area contributed by atoms with Crippen molar-refractivity contribution in [3.63, 3.8) is 0 Å². The van der Waals surface area contributed by atoms with E-state index in [2.05, 4.69) is 5.32 Å². The van der Waals surface area contributed by atoms with Gasteiger partial charge in [-0.3, -0.25) is 19.4 Å². The zero-order chi connectivity index (χ0) is 21.3. The van der Waals surface area contributed by atoms with Crippen molar-refractivity contribution in [2.75, 3.05) is 20.2 Å². The Kier molecular flexibility index (Phi) is 5.62. The van der Waals surface area contributed by atoms with Crippen LogP contribution in [0.5, 0.6) is 5.75 Å². The van der Waals surface area contributed by atoms with Crippen molar-refractivity contribution in [3.8, 4) is 5.75 Å². The van der Waals surface area contributed by atoms with E-state index in [4.69, 9.17) is 5.11 Å². The second-order valence-corrected chi connectivity index (χ2v) is 6.38. The predicted octanol–water partition coefficient (Wildman–Crippen LogP) is 0.0145. The number of halogens is 2. The molecular weight excluding hydrogens is 390 g/mol. The number of aliphatic hydroxyl groups is 1. The van der Waals surface area contributed by atoms with Crippen LogP contribution in [-0.2, 0) is 13.2 Å². The number of aromatic hydroxyl groups is 1. The van der Waals surface area contributed by atoms with E-state index in [0.717, 1.165) is 23.3 Å². The summed E-state index contributed by atoms with van der Waals surface area (Å²) in [5.74, 6) is -4.09. The molecule has 29 heavy (non-hydrogen) atoms. The van der Waals surface area contributed by atoms with Gasteiger partial charge in [0.2, 0.25) is 5.43 Å². The Bertz CT molecular complexity index is 1040. The number of benzene rings is 1. The van der Waals surface area contributed by atoms with Gasteiger partial charge < -0.3 is 20.1 Å². The molecule has 2 amide bonds. The number of rotatable bonds is 5. The molecule has 3 N–H and O–H groups in total. The van der Waals surface area contributed by atoms with Crippen molar-refractivity contribution in [3.05, 3.63) is 63.1 Å². The number of β-amino-alcohol motifs (C(OH)–C–C–N with tert-alkyl or cyclic N) is 1. The number of nitrogens with one attached hydrogen (secondary N) is 1. The molecule has 3 rings (SSSR count). The van der Waals surface area contributed by atoms with Gasteiger partial charge in [0.1, 0.15) is 17.2 Å². The Labute approximate surface area is 163 Å². The Morgan fingerprint density at radius 2 is 2.00 bits per heavy atom. The summed E-state index contributed by atoms with van der Waals surface area (Å²) in [6.07, 6.45) is 1.11. The molecule has 9 nitrogen and oxygen atoms in total. The van der Waals surface area contributed by atoms with Crippen LogP contribution < -0.4 is 10.7 Å². The van der Waals surface area contributed by atoms with Gasteiger partial charge in [0.15, 0.2) is 11.4 Å². The number of aliphatic hydroxyl groups excluding tert-OH is 1. The maximum absolute atomic E-state index is 13.7. The van der Waals surface area contributed by atoms with Gasteiger partial charge in [-0.25, -0.2) is 8.78 Å². The first-order chi connectivity index (χ1) is 13.7. The predicted molar refractivity (Wildman–Crippen MR) is 95.8 cm³/mol. The number of nitrogens with zero attached hydrogens (tertiary/aromatic N) is 3. The maximum atomic E-state index is 13.7. The summed E-state index contributed by atoms with van der Waals surface area (Å²) < 4.78 is 27.9. The van der Waals surface area contributed by atoms with E-state index in [1.54, 1.807) is 0 Å². The van der Waals surface area contributed by atoms with Crippen LogP contribution in [-0.4, -0.2) is 56.8 Å². The normalized spacial score (nSPS) is 14.1. The summed E-state index contributed by atoms with van der Waals surface area (Å²) in [4.78, 5) is 37.3. The molecule has 0 radical (unpaired) electrons. The van der Waals surface area contributed by atoms with Crippen molar-refractivity contribution >= 4 is 11.8 Å². The molecule has 1 aliphatic heterocycles. The van der Waals surface area contributed by atoms with Gasteiger partial charge in [-0.15, -0.1) is 0 Å². The van der Waals surface area contributed by atoms with E-state index in [9.17, 15) is 28.3 Å². The zero-order valence-corrected chi connectivity index (χ0v) is 15.4. The molecule has 0 spiro atoms. The topological polar surface area (TPSA) is 115 Å². The first-order valence-corrected chi connectivity index (χ1v) is 8.57. The molecule has 1 aromatic carbocycles. The van der Waals surface area contributed by atoms with Gasteiger partial charge in [0.05, 0.1) is 13.3 Å². The quantitative estimate of drug-likeness (QED) is 0.642. The number of hydrazine groups is 1. The molecule has 11 heteroatoms. The van der Waals surface area contributed by atoms with E-state index in [1.807, 2.05) is 0 Å². The number of hydrogen-bond acceptors (Lipinski definition) is 6. The minimum Gasteiger partial charge on any atom is -0.503 e. The third kappa shape index (κ3) is 3.82. The summed E-state index contributed by atoms with van der Waals surface area (Å²) in [5, 5.41) is 24.3. The molecular formula is C18H18F2N4O5. The Morgan fingerprint density at radius 3 is 2.66 bits per heavy atom. The maximum Gasteiger partial charge on any atom is 0.288 e. The van der Waals surface area contributed by atoms with Crippen molar-refractivity contribution in [2.24, 2.45) is 0 Å². The largest absolute Gasteiger partial charge is 0.503 e. The lowest BCUT2D eigenvalue weighted by Crippen LogP contribution is -2.51. The fraction of sp³-hybridized carbons (Fsp3) is 0.278. The molecule has 1 aliphatic rings. The van der Waals surface area contributed by atoms with Gasteiger partial charge in [-0.05, 0) is 6.07 Å². The summed E-state index contributed by atoms with van der Waals surface area (Å²) in [6.45, 7) is -0.445. The third-order valence-corrected chi connectivity index (χ3v) is 4.55. The van der Waals surface area contributed by atoms with Gasteiger partial charge in [-0.1, -0.05) is 6.07 Å². The SMILES string of the molecule is CN1C(=O)c2c(O)c(=O)c(C(=O)NCc3ccc(F)cc3F)cn2CN1CCO. The molecule has 0 bridgehead atoms. The van der Waals surface area contributed by atoms with Gasteiger partial charge in [0.25, 0.3) is 11.8 Å². The highest BCUT2D eigenvalue weighted by Gasteiger charge is 2.32. The molecule has 154 valence electrons. The minimum atomic E-state index is -1.05. The zero-order valence-electron chi connectivity index (χ0n) is 15.4. The van der Waals surface area contributed by atoms with Crippen LogP contribution in [0.25, 0.3) is 0 Å². The van der Waals surface area contributed by atoms with Crippen LogP contribution in [0.1, 0.15) is 26.4 Å². The van der Waals surface area contributed by atoms with E-state index < -0.39 is 40.2 Å². The van der Waals surface area contributed by atoms with Gasteiger partial charge >= 0.3 is 0 Å². The lowest BCUT2D eigenvalue weighted by atomic mass is 10.1. The Morgan fingerprint density at radius 1 is 1.28 bits per heavy atom. The number of aromatic nitrogens is 1. The number of amides is 2. The van der Waals surface area contributed by atoms with Crippen LogP contribution in [0, 0.1) is 11.6 Å².